The van der Waals surface area contributed by atoms with Gasteiger partial charge in [-0.25, -0.2) is 0 Å². The number of para-hydroxylation sites is 3. The van der Waals surface area contributed by atoms with E-state index in [1.165, 1.54) is 22.3 Å². The fourth-order valence-electron chi connectivity index (χ4n) is 11.4. The van der Waals surface area contributed by atoms with Gasteiger partial charge in [-0.1, -0.05) is 146 Å². The minimum atomic E-state index is -0.391. The van der Waals surface area contributed by atoms with Crippen molar-refractivity contribution in [3.05, 3.63) is 232 Å². The number of benzene rings is 7. The zero-order chi connectivity index (χ0) is 41.1. The molecule has 10 aromatic rings. The van der Waals surface area contributed by atoms with Crippen LogP contribution in [0.2, 0.25) is 0 Å². The predicted molar refractivity (Wildman–Crippen MR) is 249 cm³/mol. The Morgan fingerprint density at radius 2 is 1.00 bits per heavy atom. The van der Waals surface area contributed by atoms with Gasteiger partial charge in [0, 0.05) is 44.5 Å². The summed E-state index contributed by atoms with van der Waals surface area (Å²) in [6, 6.07) is 68.0. The molecule has 13 rings (SSSR count). The standard InChI is InChI=1S/C58H34N4/c59-33-47-55(53-43-25-5-1-17-35(43)36-18-2-6-26-44(36)53)48(34-60)58(62-51-31-15-11-23-41(51)42-24-12-16-32-52(42)62)56(54-45-27-7-3-19-37(45)38-20-4-8-28-46(38)54)57(47)61-49-29-13-9-21-39(49)40-22-10-14-30-50(40)61/h1-7,9-15,17-27,29-31,53-54H,8,28H2. The molecule has 286 valence electrons. The number of allylic oxidation sites excluding steroid dienone is 4. The van der Waals surface area contributed by atoms with Crippen molar-refractivity contribution < 1.29 is 0 Å². The molecule has 0 saturated heterocycles. The lowest BCUT2D eigenvalue weighted by Crippen LogP contribution is -2.19. The number of rotatable bonds is 4. The average Bonchev–Trinajstić information content (AvgIpc) is 4.06. The highest BCUT2D eigenvalue weighted by Gasteiger charge is 2.42. The minimum absolute atomic E-state index is 0.267. The van der Waals surface area contributed by atoms with E-state index in [-0.39, 0.29) is 5.92 Å². The van der Waals surface area contributed by atoms with Crippen LogP contribution in [0.1, 0.15) is 69.2 Å². The lowest BCUT2D eigenvalue weighted by molar-refractivity contribution is 0.837. The van der Waals surface area contributed by atoms with Gasteiger partial charge in [-0.2, -0.15) is 10.5 Å². The first-order chi connectivity index (χ1) is 30.8. The molecule has 2 aromatic heterocycles. The maximum atomic E-state index is 12.2. The smallest absolute Gasteiger partial charge is 0.105 e. The Morgan fingerprint density at radius 3 is 1.61 bits per heavy atom. The van der Waals surface area contributed by atoms with Crippen LogP contribution in [0.3, 0.4) is 0 Å². The molecular weight excluding hydrogens is 753 g/mol. The molecule has 62 heavy (non-hydrogen) atoms. The lowest BCUT2D eigenvalue weighted by Gasteiger charge is -2.31. The first-order valence-corrected chi connectivity index (χ1v) is 21.3. The normalized spacial score (nSPS) is 15.1. The molecule has 1 atom stereocenters. The molecule has 0 radical (unpaired) electrons. The van der Waals surface area contributed by atoms with Crippen LogP contribution in [-0.2, 0) is 0 Å². The highest BCUT2D eigenvalue weighted by molar-refractivity contribution is 6.11. The highest BCUT2D eigenvalue weighted by Crippen LogP contribution is 2.57. The van der Waals surface area contributed by atoms with Crippen LogP contribution in [0.15, 0.2) is 175 Å². The van der Waals surface area contributed by atoms with E-state index in [2.05, 4.69) is 197 Å². The van der Waals surface area contributed by atoms with Crippen LogP contribution in [0.5, 0.6) is 0 Å². The highest BCUT2D eigenvalue weighted by atomic mass is 15.0. The van der Waals surface area contributed by atoms with Crippen LogP contribution < -0.4 is 0 Å². The van der Waals surface area contributed by atoms with E-state index in [1.807, 2.05) is 6.07 Å². The summed E-state index contributed by atoms with van der Waals surface area (Å²) in [5.41, 5.74) is 17.4. The van der Waals surface area contributed by atoms with Gasteiger partial charge < -0.3 is 9.13 Å². The monoisotopic (exact) mass is 786 g/mol. The summed E-state index contributed by atoms with van der Waals surface area (Å²) >= 11 is 0. The second-order valence-corrected chi connectivity index (χ2v) is 16.6. The fourth-order valence-corrected chi connectivity index (χ4v) is 11.4. The van der Waals surface area contributed by atoms with Crippen LogP contribution >= 0.6 is 0 Å². The first-order valence-electron chi connectivity index (χ1n) is 21.3. The van der Waals surface area contributed by atoms with Gasteiger partial charge in [0.15, 0.2) is 0 Å². The average molecular weight is 787 g/mol. The quantitative estimate of drug-likeness (QED) is 0.178. The third-order valence-electron chi connectivity index (χ3n) is 13.7. The molecule has 0 saturated carbocycles. The van der Waals surface area contributed by atoms with E-state index in [1.54, 1.807) is 0 Å². The lowest BCUT2D eigenvalue weighted by atomic mass is 9.76. The topological polar surface area (TPSA) is 57.4 Å². The Morgan fingerprint density at radius 1 is 0.500 bits per heavy atom. The maximum Gasteiger partial charge on any atom is 0.105 e. The molecule has 3 aliphatic rings. The number of hydrogen-bond donors (Lipinski definition) is 0. The predicted octanol–water partition coefficient (Wildman–Crippen LogP) is 13.6. The summed E-state index contributed by atoms with van der Waals surface area (Å²) in [7, 11) is 0. The second kappa shape index (κ2) is 13.1. The molecule has 0 N–H and O–H groups in total. The molecule has 0 spiro atoms. The van der Waals surface area contributed by atoms with Crippen molar-refractivity contribution in [3.63, 3.8) is 0 Å². The first kappa shape index (κ1) is 34.5. The Kier molecular flexibility index (Phi) is 7.27. The number of fused-ring (bicyclic) bond motifs is 11. The third-order valence-corrected chi connectivity index (χ3v) is 13.7. The summed E-state index contributed by atoms with van der Waals surface area (Å²) < 4.78 is 4.63. The van der Waals surface area contributed by atoms with Gasteiger partial charge in [-0.05, 0) is 93.8 Å². The molecule has 3 aliphatic carbocycles. The molecule has 1 unspecified atom stereocenters. The number of hydrogen-bond acceptors (Lipinski definition) is 2. The van der Waals surface area contributed by atoms with Crippen molar-refractivity contribution in [1.82, 2.24) is 9.13 Å². The van der Waals surface area contributed by atoms with Crippen LogP contribution in [0.25, 0.3) is 71.7 Å². The SMILES string of the molecule is N#Cc1c(C2c3ccccc3-c3ccccc32)c(C#N)c(-n2c3ccccc3c3ccccc32)c(C2C3=C(C=CCC3)c3ccccc32)c1-n1c2c#cccc2c2ccccc21. The Bertz CT molecular complexity index is 3440. The molecule has 4 nitrogen and oxygen atoms in total. The summed E-state index contributed by atoms with van der Waals surface area (Å²) in [6.07, 6.45) is 6.34. The van der Waals surface area contributed by atoms with Gasteiger partial charge in [-0.15, -0.1) is 0 Å². The summed E-state index contributed by atoms with van der Waals surface area (Å²) in [6.45, 7) is 0. The zero-order valence-corrected chi connectivity index (χ0v) is 33.5. The summed E-state index contributed by atoms with van der Waals surface area (Å²) in [5, 5.41) is 28.6. The molecule has 4 heteroatoms. The van der Waals surface area contributed by atoms with Crippen molar-refractivity contribution in [3.8, 4) is 34.6 Å². The van der Waals surface area contributed by atoms with Crippen LogP contribution in [0, 0.1) is 34.8 Å². The van der Waals surface area contributed by atoms with Gasteiger partial charge in [0.1, 0.15) is 17.7 Å². The van der Waals surface area contributed by atoms with E-state index < -0.39 is 5.92 Å². The Labute approximate surface area is 358 Å². The molecule has 8 aromatic carbocycles. The summed E-state index contributed by atoms with van der Waals surface area (Å²) in [4.78, 5) is 0. The van der Waals surface area contributed by atoms with E-state index in [4.69, 9.17) is 0 Å². The van der Waals surface area contributed by atoms with Crippen molar-refractivity contribution in [2.45, 2.75) is 24.7 Å². The Hall–Kier alpha value is -8.36. The van der Waals surface area contributed by atoms with E-state index >= 15 is 0 Å². The summed E-state index contributed by atoms with van der Waals surface area (Å²) in [5.74, 6) is -0.658. The zero-order valence-electron chi connectivity index (χ0n) is 33.5. The van der Waals surface area contributed by atoms with Gasteiger partial charge in [-0.3, -0.25) is 0 Å². The maximum absolute atomic E-state index is 12.2. The largest absolute Gasteiger partial charge is 0.308 e. The second-order valence-electron chi connectivity index (χ2n) is 16.6. The van der Waals surface area contributed by atoms with Crippen molar-refractivity contribution in [2.75, 3.05) is 0 Å². The molecule has 0 amide bonds. The van der Waals surface area contributed by atoms with Gasteiger partial charge in [0.2, 0.25) is 0 Å². The van der Waals surface area contributed by atoms with Gasteiger partial charge in [0.25, 0.3) is 0 Å². The molecular formula is C58H34N4. The number of aromatic nitrogens is 2. The third kappa shape index (κ3) is 4.50. The molecule has 0 aliphatic heterocycles. The van der Waals surface area contributed by atoms with Crippen molar-refractivity contribution in [1.29, 1.82) is 10.5 Å². The molecule has 0 fully saturated rings. The van der Waals surface area contributed by atoms with Crippen LogP contribution in [0.4, 0.5) is 0 Å². The van der Waals surface area contributed by atoms with E-state index in [0.717, 1.165) is 101 Å². The van der Waals surface area contributed by atoms with Gasteiger partial charge in [0.05, 0.1) is 39.1 Å². The number of nitrogens with zero attached hydrogens (tertiary/aromatic N) is 4. The van der Waals surface area contributed by atoms with E-state index in [9.17, 15) is 10.5 Å². The Balaban J connectivity index is 1.33. The molecule has 2 heterocycles. The minimum Gasteiger partial charge on any atom is -0.308 e. The molecule has 0 bridgehead atoms. The van der Waals surface area contributed by atoms with Crippen molar-refractivity contribution >= 4 is 49.2 Å². The van der Waals surface area contributed by atoms with Gasteiger partial charge >= 0.3 is 0 Å². The fraction of sp³-hybridized carbons (Fsp3) is 0.0690. The van der Waals surface area contributed by atoms with Crippen molar-refractivity contribution in [2.24, 2.45) is 0 Å². The van der Waals surface area contributed by atoms with E-state index in [0.29, 0.717) is 11.1 Å². The number of nitriles is 2. The van der Waals surface area contributed by atoms with Crippen LogP contribution in [-0.4, -0.2) is 9.13 Å².